The molecule has 0 rings (SSSR count). The summed E-state index contributed by atoms with van der Waals surface area (Å²) >= 11 is 0. The van der Waals surface area contributed by atoms with E-state index in [0.717, 1.165) is 12.7 Å². The van der Waals surface area contributed by atoms with Crippen LogP contribution in [0.5, 0.6) is 0 Å². The van der Waals surface area contributed by atoms with Crippen molar-refractivity contribution in [2.45, 2.75) is 34.1 Å². The van der Waals surface area contributed by atoms with Crippen LogP contribution in [-0.2, 0) is 4.79 Å². The van der Waals surface area contributed by atoms with Crippen LogP contribution in [-0.4, -0.2) is 6.29 Å². The maximum atomic E-state index is 10.5. The zero-order chi connectivity index (χ0) is 8.85. The maximum absolute atomic E-state index is 10.5. The Labute approximate surface area is 69.5 Å². The molecule has 64 valence electrons. The Morgan fingerprint density at radius 1 is 1.45 bits per heavy atom. The molecule has 0 bridgehead atoms. The Bertz CT molecular complexity index is 143. The topological polar surface area (TPSA) is 17.1 Å². The average molecular weight is 154 g/mol. The second kappa shape index (κ2) is 5.11. The fourth-order valence-corrected chi connectivity index (χ4v) is 1.24. The second-order valence-electron chi connectivity index (χ2n) is 3.31. The van der Waals surface area contributed by atoms with Crippen molar-refractivity contribution in [3.63, 3.8) is 0 Å². The molecule has 0 N–H and O–H groups in total. The second-order valence-corrected chi connectivity index (χ2v) is 3.31. The quantitative estimate of drug-likeness (QED) is 0.449. The molecule has 2 unspecified atom stereocenters. The summed E-state index contributed by atoms with van der Waals surface area (Å²) in [4.78, 5) is 10.5. The van der Waals surface area contributed by atoms with Crippen molar-refractivity contribution >= 4 is 6.29 Å². The Morgan fingerprint density at radius 3 is 2.27 bits per heavy atom. The van der Waals surface area contributed by atoms with Crippen LogP contribution in [0.3, 0.4) is 0 Å². The summed E-state index contributed by atoms with van der Waals surface area (Å²) in [5.41, 5.74) is 1.29. The van der Waals surface area contributed by atoms with E-state index in [4.69, 9.17) is 0 Å². The lowest BCUT2D eigenvalue weighted by atomic mass is 9.92. The Kier molecular flexibility index (Phi) is 4.84. The first-order chi connectivity index (χ1) is 5.11. The van der Waals surface area contributed by atoms with Crippen molar-refractivity contribution in [1.82, 2.24) is 0 Å². The van der Waals surface area contributed by atoms with Crippen molar-refractivity contribution in [2.75, 3.05) is 0 Å². The average Bonchev–Trinajstić information content (AvgIpc) is 1.88. The highest BCUT2D eigenvalue weighted by Crippen LogP contribution is 2.15. The molecule has 0 radical (unpaired) electrons. The molecule has 0 spiro atoms. The number of carbonyl (C=O) groups is 1. The van der Waals surface area contributed by atoms with Crippen LogP contribution in [0.2, 0.25) is 0 Å². The summed E-state index contributed by atoms with van der Waals surface area (Å²) in [6, 6.07) is 0. The maximum Gasteiger partial charge on any atom is 0.123 e. The van der Waals surface area contributed by atoms with E-state index in [1.165, 1.54) is 5.57 Å². The SMILES string of the molecule is CCC(C=O)C(C)C=C(C)C. The van der Waals surface area contributed by atoms with Crippen LogP contribution in [0.15, 0.2) is 11.6 Å². The van der Waals surface area contributed by atoms with Crippen LogP contribution in [0.4, 0.5) is 0 Å². The highest BCUT2D eigenvalue weighted by atomic mass is 16.1. The lowest BCUT2D eigenvalue weighted by Crippen LogP contribution is -2.09. The number of aldehydes is 1. The van der Waals surface area contributed by atoms with E-state index in [0.29, 0.717) is 5.92 Å². The zero-order valence-corrected chi connectivity index (χ0v) is 7.92. The molecule has 0 heterocycles. The summed E-state index contributed by atoms with van der Waals surface area (Å²) in [7, 11) is 0. The van der Waals surface area contributed by atoms with Crippen molar-refractivity contribution in [3.05, 3.63) is 11.6 Å². The van der Waals surface area contributed by atoms with Crippen molar-refractivity contribution in [3.8, 4) is 0 Å². The van der Waals surface area contributed by atoms with Gasteiger partial charge in [-0.3, -0.25) is 0 Å². The van der Waals surface area contributed by atoms with Gasteiger partial charge in [0.15, 0.2) is 0 Å². The number of hydrogen-bond acceptors (Lipinski definition) is 1. The lowest BCUT2D eigenvalue weighted by Gasteiger charge is -2.12. The third-order valence-electron chi connectivity index (χ3n) is 1.92. The van der Waals surface area contributed by atoms with E-state index < -0.39 is 0 Å². The lowest BCUT2D eigenvalue weighted by molar-refractivity contribution is -0.112. The molecule has 0 aliphatic heterocycles. The van der Waals surface area contributed by atoms with Gasteiger partial charge in [-0.15, -0.1) is 0 Å². The Morgan fingerprint density at radius 2 is 2.00 bits per heavy atom. The van der Waals surface area contributed by atoms with E-state index >= 15 is 0 Å². The fourth-order valence-electron chi connectivity index (χ4n) is 1.24. The molecule has 0 aliphatic rings. The van der Waals surface area contributed by atoms with Crippen LogP contribution in [0.25, 0.3) is 0 Å². The van der Waals surface area contributed by atoms with Gasteiger partial charge in [0.1, 0.15) is 6.29 Å². The first-order valence-electron chi connectivity index (χ1n) is 4.22. The van der Waals surface area contributed by atoms with E-state index in [9.17, 15) is 4.79 Å². The smallest absolute Gasteiger partial charge is 0.123 e. The summed E-state index contributed by atoms with van der Waals surface area (Å²) in [6.45, 7) is 8.27. The molecule has 0 fully saturated rings. The Balaban J connectivity index is 4.09. The van der Waals surface area contributed by atoms with Gasteiger partial charge in [-0.1, -0.05) is 25.5 Å². The molecule has 1 heteroatoms. The predicted molar refractivity (Wildman–Crippen MR) is 48.4 cm³/mol. The molecule has 0 aromatic carbocycles. The zero-order valence-electron chi connectivity index (χ0n) is 7.92. The molecule has 0 amide bonds. The van der Waals surface area contributed by atoms with Gasteiger partial charge in [-0.2, -0.15) is 0 Å². The molecule has 11 heavy (non-hydrogen) atoms. The summed E-state index contributed by atoms with van der Waals surface area (Å²) in [5, 5.41) is 0. The minimum absolute atomic E-state index is 0.199. The minimum atomic E-state index is 0.199. The highest BCUT2D eigenvalue weighted by Gasteiger charge is 2.10. The largest absolute Gasteiger partial charge is 0.303 e. The molecule has 0 aliphatic carbocycles. The molecule has 0 saturated heterocycles. The monoisotopic (exact) mass is 154 g/mol. The van der Waals surface area contributed by atoms with Crippen LogP contribution in [0.1, 0.15) is 34.1 Å². The van der Waals surface area contributed by atoms with Gasteiger partial charge in [-0.25, -0.2) is 0 Å². The van der Waals surface area contributed by atoms with Gasteiger partial charge >= 0.3 is 0 Å². The number of rotatable bonds is 4. The Hall–Kier alpha value is -0.590. The number of hydrogen-bond donors (Lipinski definition) is 0. The third kappa shape index (κ3) is 3.97. The number of allylic oxidation sites excluding steroid dienone is 2. The van der Waals surface area contributed by atoms with Crippen molar-refractivity contribution in [2.24, 2.45) is 11.8 Å². The van der Waals surface area contributed by atoms with E-state index in [1.807, 2.05) is 0 Å². The molecule has 0 aromatic rings. The first-order valence-corrected chi connectivity index (χ1v) is 4.22. The predicted octanol–water partition coefficient (Wildman–Crippen LogP) is 2.81. The van der Waals surface area contributed by atoms with Gasteiger partial charge in [0.05, 0.1) is 0 Å². The number of carbonyl (C=O) groups excluding carboxylic acids is 1. The summed E-state index contributed by atoms with van der Waals surface area (Å²) in [5.74, 6) is 0.590. The summed E-state index contributed by atoms with van der Waals surface area (Å²) < 4.78 is 0. The minimum Gasteiger partial charge on any atom is -0.303 e. The van der Waals surface area contributed by atoms with Crippen molar-refractivity contribution in [1.29, 1.82) is 0 Å². The third-order valence-corrected chi connectivity index (χ3v) is 1.92. The van der Waals surface area contributed by atoms with E-state index in [2.05, 4.69) is 33.8 Å². The fraction of sp³-hybridized carbons (Fsp3) is 0.700. The van der Waals surface area contributed by atoms with E-state index in [-0.39, 0.29) is 5.92 Å². The van der Waals surface area contributed by atoms with Gasteiger partial charge in [0.2, 0.25) is 0 Å². The normalized spacial score (nSPS) is 15.3. The summed E-state index contributed by atoms with van der Waals surface area (Å²) in [6.07, 6.45) is 4.15. The van der Waals surface area contributed by atoms with Gasteiger partial charge in [0.25, 0.3) is 0 Å². The van der Waals surface area contributed by atoms with Crippen LogP contribution < -0.4 is 0 Å². The molecular formula is C10H18O. The molecule has 1 nitrogen and oxygen atoms in total. The van der Waals surface area contributed by atoms with Gasteiger partial charge < -0.3 is 4.79 Å². The first kappa shape index (κ1) is 10.4. The van der Waals surface area contributed by atoms with E-state index in [1.54, 1.807) is 0 Å². The highest BCUT2D eigenvalue weighted by molar-refractivity contribution is 5.54. The van der Waals surface area contributed by atoms with Crippen molar-refractivity contribution < 1.29 is 4.79 Å². The van der Waals surface area contributed by atoms with Crippen LogP contribution in [0, 0.1) is 11.8 Å². The van der Waals surface area contributed by atoms with Gasteiger partial charge in [-0.05, 0) is 26.2 Å². The molecule has 0 aromatic heterocycles. The van der Waals surface area contributed by atoms with Gasteiger partial charge in [0, 0.05) is 5.92 Å². The molecule has 2 atom stereocenters. The molecule has 0 saturated carbocycles. The van der Waals surface area contributed by atoms with Crippen LogP contribution >= 0.6 is 0 Å². The standard InChI is InChI=1S/C10H18O/c1-5-10(7-11)9(4)6-8(2)3/h6-7,9-10H,5H2,1-4H3. The molecular weight excluding hydrogens is 136 g/mol.